The number of phenols is 1. The molecule has 0 unspecified atom stereocenters. The van der Waals surface area contributed by atoms with Gasteiger partial charge in [0.05, 0.1) is 25.4 Å². The number of hydrogen-bond donors (Lipinski definition) is 3. The van der Waals surface area contributed by atoms with Gasteiger partial charge in [-0.05, 0) is 48.9 Å². The van der Waals surface area contributed by atoms with Crippen LogP contribution in [0.5, 0.6) is 17.2 Å². The number of nitrogens with one attached hydrogen (secondary N) is 2. The van der Waals surface area contributed by atoms with Gasteiger partial charge in [-0.15, -0.1) is 4.68 Å². The highest BCUT2D eigenvalue weighted by Crippen LogP contribution is 2.26. The second-order valence-electron chi connectivity index (χ2n) is 6.24. The van der Waals surface area contributed by atoms with E-state index in [0.29, 0.717) is 34.3 Å². The molecule has 0 spiro atoms. The average molecular weight is 394 g/mol. The van der Waals surface area contributed by atoms with Crippen molar-refractivity contribution >= 4 is 28.2 Å². The quantitative estimate of drug-likeness (QED) is 0.448. The van der Waals surface area contributed by atoms with Gasteiger partial charge in [-0.1, -0.05) is 0 Å². The first-order chi connectivity index (χ1) is 14.0. The van der Waals surface area contributed by atoms with Crippen molar-refractivity contribution in [3.8, 4) is 17.2 Å². The Labute approximate surface area is 163 Å². The number of nitrogens with zero attached hydrogens (tertiary/aromatic N) is 2. The Morgan fingerprint density at radius 1 is 1.14 bits per heavy atom. The number of aromatic nitrogens is 3. The molecule has 0 aliphatic heterocycles. The molecule has 0 amide bonds. The normalized spacial score (nSPS) is 11.5. The topological polar surface area (TPSA) is 122 Å². The zero-order valence-electron chi connectivity index (χ0n) is 15.7. The minimum atomic E-state index is -0.675. The number of aromatic amines is 2. The molecule has 2 aromatic carbocycles. The summed E-state index contributed by atoms with van der Waals surface area (Å²) in [7, 11) is 1.54. The summed E-state index contributed by atoms with van der Waals surface area (Å²) < 4.78 is 11.3. The van der Waals surface area contributed by atoms with E-state index in [1.165, 1.54) is 12.3 Å². The summed E-state index contributed by atoms with van der Waals surface area (Å²) in [5.74, 6) is 0.894. The highest BCUT2D eigenvalue weighted by atomic mass is 16.5. The fourth-order valence-electron chi connectivity index (χ4n) is 3.06. The van der Waals surface area contributed by atoms with Gasteiger partial charge in [0.15, 0.2) is 11.5 Å². The molecule has 0 saturated heterocycles. The van der Waals surface area contributed by atoms with Gasteiger partial charge < -0.3 is 24.5 Å². The third-order valence-corrected chi connectivity index (χ3v) is 4.44. The molecular weight excluding hydrogens is 376 g/mol. The van der Waals surface area contributed by atoms with Crippen molar-refractivity contribution in [2.45, 2.75) is 6.92 Å². The van der Waals surface area contributed by atoms with Crippen LogP contribution in [0.3, 0.4) is 0 Å². The maximum absolute atomic E-state index is 12.8. The third-order valence-electron chi connectivity index (χ3n) is 4.44. The smallest absolute Gasteiger partial charge is 0.350 e. The molecule has 4 aromatic rings. The number of methoxy groups -OCH3 is 1. The standard InChI is InChI=1S/C20H18N4O5/c1-3-29-16-8-11(4-7-15(16)25)10-21-24-19(26)18-17(23-20(24)27)13-9-12(28-2)5-6-14(13)22-18/h4-10,22,25H,3H2,1-2H3,(H,23,27)/b21-10+. The predicted octanol–water partition coefficient (Wildman–Crippen LogP) is 2.17. The van der Waals surface area contributed by atoms with Crippen LogP contribution in [0.15, 0.2) is 51.1 Å². The van der Waals surface area contributed by atoms with E-state index in [-0.39, 0.29) is 17.0 Å². The van der Waals surface area contributed by atoms with Crippen LogP contribution < -0.4 is 20.7 Å². The van der Waals surface area contributed by atoms with Crippen LogP contribution in [0.25, 0.3) is 21.9 Å². The number of rotatable bonds is 5. The highest BCUT2D eigenvalue weighted by molar-refractivity contribution is 6.04. The monoisotopic (exact) mass is 394 g/mol. The lowest BCUT2D eigenvalue weighted by molar-refractivity contribution is 0.318. The van der Waals surface area contributed by atoms with Crippen molar-refractivity contribution in [1.29, 1.82) is 0 Å². The molecule has 2 heterocycles. The van der Waals surface area contributed by atoms with E-state index in [2.05, 4.69) is 15.1 Å². The molecule has 0 bridgehead atoms. The molecule has 3 N–H and O–H groups in total. The van der Waals surface area contributed by atoms with Gasteiger partial charge in [0.1, 0.15) is 11.3 Å². The van der Waals surface area contributed by atoms with Crippen LogP contribution in [0.4, 0.5) is 0 Å². The molecule has 0 aliphatic rings. The number of hydrogen-bond acceptors (Lipinski definition) is 6. The van der Waals surface area contributed by atoms with Gasteiger partial charge in [-0.2, -0.15) is 5.10 Å². The maximum atomic E-state index is 12.8. The van der Waals surface area contributed by atoms with Gasteiger partial charge in [-0.3, -0.25) is 4.79 Å². The van der Waals surface area contributed by atoms with Crippen molar-refractivity contribution in [3.63, 3.8) is 0 Å². The molecular formula is C20H18N4O5. The lowest BCUT2D eigenvalue weighted by atomic mass is 10.2. The zero-order chi connectivity index (χ0) is 20.5. The minimum absolute atomic E-state index is 0.00561. The van der Waals surface area contributed by atoms with E-state index in [1.54, 1.807) is 44.4 Å². The SMILES string of the molecule is CCOc1cc(/C=N/n2c(=O)[nH]c3c([nH]c4ccc(OC)cc43)c2=O)ccc1O. The molecule has 0 atom stereocenters. The molecule has 9 nitrogen and oxygen atoms in total. The Morgan fingerprint density at radius 3 is 2.72 bits per heavy atom. The lowest BCUT2D eigenvalue weighted by Crippen LogP contribution is -2.32. The molecule has 9 heteroatoms. The van der Waals surface area contributed by atoms with E-state index in [1.807, 2.05) is 0 Å². The molecule has 0 saturated carbocycles. The summed E-state index contributed by atoms with van der Waals surface area (Å²) in [5.41, 5.74) is 0.605. The Bertz CT molecular complexity index is 1360. The number of H-pyrrole nitrogens is 2. The molecule has 0 aliphatic carbocycles. The van der Waals surface area contributed by atoms with Crippen LogP contribution in [-0.4, -0.2) is 39.7 Å². The number of phenolic OH excluding ortho intramolecular Hbond substituents is 1. The molecule has 4 rings (SSSR count). The van der Waals surface area contributed by atoms with Crippen molar-refractivity contribution < 1.29 is 14.6 Å². The summed E-state index contributed by atoms with van der Waals surface area (Å²) in [5, 5.41) is 14.5. The van der Waals surface area contributed by atoms with E-state index in [4.69, 9.17) is 9.47 Å². The zero-order valence-corrected chi connectivity index (χ0v) is 15.7. The van der Waals surface area contributed by atoms with Gasteiger partial charge >= 0.3 is 11.2 Å². The maximum Gasteiger partial charge on any atom is 0.350 e. The fraction of sp³-hybridized carbons (Fsp3) is 0.150. The van der Waals surface area contributed by atoms with Gasteiger partial charge in [0, 0.05) is 10.9 Å². The van der Waals surface area contributed by atoms with Crippen molar-refractivity contribution in [2.24, 2.45) is 5.10 Å². The van der Waals surface area contributed by atoms with Crippen LogP contribution in [0.1, 0.15) is 12.5 Å². The Balaban J connectivity index is 1.81. The lowest BCUT2D eigenvalue weighted by Gasteiger charge is -2.06. The summed E-state index contributed by atoms with van der Waals surface area (Å²) in [6.45, 7) is 2.18. The van der Waals surface area contributed by atoms with Crippen LogP contribution in [0, 0.1) is 0 Å². The summed E-state index contributed by atoms with van der Waals surface area (Å²) in [6.07, 6.45) is 1.34. The summed E-state index contributed by atoms with van der Waals surface area (Å²) in [4.78, 5) is 31.0. The Hall–Kier alpha value is -4.01. The van der Waals surface area contributed by atoms with Crippen LogP contribution in [-0.2, 0) is 0 Å². The predicted molar refractivity (Wildman–Crippen MR) is 110 cm³/mol. The fourth-order valence-corrected chi connectivity index (χ4v) is 3.06. The third kappa shape index (κ3) is 3.22. The number of ether oxygens (including phenoxy) is 2. The average Bonchev–Trinajstić information content (AvgIpc) is 3.08. The van der Waals surface area contributed by atoms with E-state index >= 15 is 0 Å². The first kappa shape index (κ1) is 18.4. The van der Waals surface area contributed by atoms with Gasteiger partial charge in [0.2, 0.25) is 0 Å². The van der Waals surface area contributed by atoms with Crippen molar-refractivity contribution in [1.82, 2.24) is 14.6 Å². The number of fused-ring (bicyclic) bond motifs is 3. The van der Waals surface area contributed by atoms with Crippen molar-refractivity contribution in [2.75, 3.05) is 13.7 Å². The number of benzene rings is 2. The van der Waals surface area contributed by atoms with Gasteiger partial charge in [-0.25, -0.2) is 4.79 Å². The number of aromatic hydroxyl groups is 1. The highest BCUT2D eigenvalue weighted by Gasteiger charge is 2.13. The Kier molecular flexibility index (Phi) is 4.55. The van der Waals surface area contributed by atoms with Crippen molar-refractivity contribution in [3.05, 3.63) is 62.8 Å². The summed E-state index contributed by atoms with van der Waals surface area (Å²) >= 11 is 0. The van der Waals surface area contributed by atoms with Crippen LogP contribution >= 0.6 is 0 Å². The minimum Gasteiger partial charge on any atom is -0.504 e. The summed E-state index contributed by atoms with van der Waals surface area (Å²) in [6, 6.07) is 9.87. The van der Waals surface area contributed by atoms with E-state index < -0.39 is 11.2 Å². The molecule has 29 heavy (non-hydrogen) atoms. The molecule has 0 radical (unpaired) electrons. The largest absolute Gasteiger partial charge is 0.504 e. The second-order valence-corrected chi connectivity index (χ2v) is 6.24. The first-order valence-electron chi connectivity index (χ1n) is 8.86. The molecule has 148 valence electrons. The first-order valence-corrected chi connectivity index (χ1v) is 8.86. The van der Waals surface area contributed by atoms with Crippen LogP contribution in [0.2, 0.25) is 0 Å². The van der Waals surface area contributed by atoms with E-state index in [0.717, 1.165) is 4.68 Å². The second kappa shape index (κ2) is 7.19. The van der Waals surface area contributed by atoms with Gasteiger partial charge in [0.25, 0.3) is 0 Å². The van der Waals surface area contributed by atoms with E-state index in [9.17, 15) is 14.7 Å². The molecule has 0 fully saturated rings. The Morgan fingerprint density at radius 2 is 1.97 bits per heavy atom. The molecule has 2 aromatic heterocycles.